The second-order valence-corrected chi connectivity index (χ2v) is 7.38. The lowest BCUT2D eigenvalue weighted by molar-refractivity contribution is -0.142. The minimum Gasteiger partial charge on any atom is -0.480 e. The number of aromatic amines is 1. The Kier molecular flexibility index (Phi) is 11.2. The molecule has 1 rings (SSSR count). The summed E-state index contributed by atoms with van der Waals surface area (Å²) in [6.07, 6.45) is 5.02. The van der Waals surface area contributed by atoms with E-state index >= 15 is 0 Å². The third-order valence-electron chi connectivity index (χ3n) is 3.86. The van der Waals surface area contributed by atoms with Gasteiger partial charge in [0.1, 0.15) is 18.1 Å². The van der Waals surface area contributed by atoms with Gasteiger partial charge in [-0.3, -0.25) is 14.4 Å². The third kappa shape index (κ3) is 8.75. The van der Waals surface area contributed by atoms with Gasteiger partial charge in [0.05, 0.1) is 12.9 Å². The Morgan fingerprint density at radius 3 is 2.38 bits per heavy atom. The molecule has 0 aliphatic heterocycles. The fourth-order valence-electron chi connectivity index (χ4n) is 2.31. The standard InChI is InChI=1S/C16H26N6O5S2/c1-29-3-2-10(16(26)27)21-14(24)11(4-9-6-18-8-19-9)22-15(25)12(7-28)20-13(23)5-17/h6,8,10-12,28H,2-5,7,17H2,1H3,(H,18,19)(H,20,23)(H,21,24)(H,22,25)(H,26,27). The molecule has 1 aromatic heterocycles. The average molecular weight is 447 g/mol. The van der Waals surface area contributed by atoms with Gasteiger partial charge in [-0.1, -0.05) is 0 Å². The van der Waals surface area contributed by atoms with Crippen LogP contribution in [0.25, 0.3) is 0 Å². The molecule has 3 unspecified atom stereocenters. The zero-order valence-corrected chi connectivity index (χ0v) is 17.6. The molecule has 1 aromatic rings. The summed E-state index contributed by atoms with van der Waals surface area (Å²) in [4.78, 5) is 54.8. The lowest BCUT2D eigenvalue weighted by Crippen LogP contribution is -2.57. The number of H-pyrrole nitrogens is 1. The Balaban J connectivity index is 2.91. The second kappa shape index (κ2) is 13.1. The van der Waals surface area contributed by atoms with Crippen molar-refractivity contribution in [3.63, 3.8) is 0 Å². The maximum absolute atomic E-state index is 12.7. The summed E-state index contributed by atoms with van der Waals surface area (Å²) in [5, 5.41) is 16.7. The number of imidazole rings is 1. The summed E-state index contributed by atoms with van der Waals surface area (Å²) < 4.78 is 0. The van der Waals surface area contributed by atoms with Crippen molar-refractivity contribution in [1.29, 1.82) is 0 Å². The van der Waals surface area contributed by atoms with Gasteiger partial charge >= 0.3 is 5.97 Å². The normalized spacial score (nSPS) is 13.8. The minimum absolute atomic E-state index is 0.0125. The summed E-state index contributed by atoms with van der Waals surface area (Å²) in [6.45, 7) is -0.300. The first-order valence-electron chi connectivity index (χ1n) is 8.72. The highest BCUT2D eigenvalue weighted by Crippen LogP contribution is 2.05. The van der Waals surface area contributed by atoms with E-state index in [0.717, 1.165) is 0 Å². The molecule has 29 heavy (non-hydrogen) atoms. The number of hydrogen-bond donors (Lipinski definition) is 7. The molecule has 7 N–H and O–H groups in total. The van der Waals surface area contributed by atoms with Crippen LogP contribution in [0.3, 0.4) is 0 Å². The molecule has 3 amide bonds. The molecule has 11 nitrogen and oxygen atoms in total. The predicted molar refractivity (Wildman–Crippen MR) is 112 cm³/mol. The molecule has 0 radical (unpaired) electrons. The summed E-state index contributed by atoms with van der Waals surface area (Å²) in [7, 11) is 0. The summed E-state index contributed by atoms with van der Waals surface area (Å²) >= 11 is 5.49. The van der Waals surface area contributed by atoms with Gasteiger partial charge in [-0.2, -0.15) is 24.4 Å². The molecule has 162 valence electrons. The summed E-state index contributed by atoms with van der Waals surface area (Å²) in [5.41, 5.74) is 5.80. The van der Waals surface area contributed by atoms with E-state index in [1.807, 2.05) is 6.26 Å². The van der Waals surface area contributed by atoms with E-state index in [4.69, 9.17) is 5.73 Å². The number of carboxylic acids is 1. The smallest absolute Gasteiger partial charge is 0.326 e. The number of thiol groups is 1. The number of nitrogens with two attached hydrogens (primary N) is 1. The van der Waals surface area contributed by atoms with Crippen LogP contribution >= 0.6 is 24.4 Å². The molecule has 0 fully saturated rings. The highest BCUT2D eigenvalue weighted by Gasteiger charge is 2.29. The second-order valence-electron chi connectivity index (χ2n) is 6.03. The van der Waals surface area contributed by atoms with Gasteiger partial charge in [0.25, 0.3) is 0 Å². The largest absolute Gasteiger partial charge is 0.480 e. The highest BCUT2D eigenvalue weighted by atomic mass is 32.2. The van der Waals surface area contributed by atoms with Crippen LogP contribution in [0.2, 0.25) is 0 Å². The van der Waals surface area contributed by atoms with Gasteiger partial charge in [0.2, 0.25) is 17.7 Å². The molecule has 1 heterocycles. The van der Waals surface area contributed by atoms with Crippen molar-refractivity contribution in [2.75, 3.05) is 24.3 Å². The molecule has 0 aliphatic carbocycles. The number of carboxylic acid groups (broad SMARTS) is 1. The first-order chi connectivity index (χ1) is 13.8. The lowest BCUT2D eigenvalue weighted by Gasteiger charge is -2.23. The topological polar surface area (TPSA) is 179 Å². The highest BCUT2D eigenvalue weighted by molar-refractivity contribution is 7.98. The zero-order valence-electron chi connectivity index (χ0n) is 15.9. The van der Waals surface area contributed by atoms with Crippen LogP contribution in [0.1, 0.15) is 12.1 Å². The molecule has 0 spiro atoms. The maximum atomic E-state index is 12.7. The van der Waals surface area contributed by atoms with Crippen molar-refractivity contribution in [1.82, 2.24) is 25.9 Å². The zero-order chi connectivity index (χ0) is 21.8. The number of hydrogen-bond acceptors (Lipinski definition) is 8. The van der Waals surface area contributed by atoms with Crippen LogP contribution in [-0.4, -0.2) is 81.2 Å². The Hall–Kier alpha value is -2.25. The van der Waals surface area contributed by atoms with Gasteiger partial charge in [-0.05, 0) is 18.4 Å². The number of carbonyl (C=O) groups is 4. The number of carbonyl (C=O) groups excluding carboxylic acids is 3. The van der Waals surface area contributed by atoms with Crippen molar-refractivity contribution in [2.24, 2.45) is 5.73 Å². The van der Waals surface area contributed by atoms with Crippen molar-refractivity contribution in [3.8, 4) is 0 Å². The Morgan fingerprint density at radius 1 is 1.21 bits per heavy atom. The molecule has 13 heteroatoms. The van der Waals surface area contributed by atoms with E-state index < -0.39 is 41.8 Å². The Morgan fingerprint density at radius 2 is 1.86 bits per heavy atom. The van der Waals surface area contributed by atoms with E-state index in [1.165, 1.54) is 24.3 Å². The summed E-state index contributed by atoms with van der Waals surface area (Å²) in [5.74, 6) is -2.48. The fourth-order valence-corrected chi connectivity index (χ4v) is 3.04. The number of nitrogens with zero attached hydrogens (tertiary/aromatic N) is 1. The number of aliphatic carboxylic acids is 1. The first-order valence-corrected chi connectivity index (χ1v) is 10.7. The molecular weight excluding hydrogens is 420 g/mol. The lowest BCUT2D eigenvalue weighted by atomic mass is 10.1. The average Bonchev–Trinajstić information content (AvgIpc) is 3.21. The SMILES string of the molecule is CSCCC(NC(=O)C(Cc1cnc[nH]1)NC(=O)C(CS)NC(=O)CN)C(=O)O. The van der Waals surface area contributed by atoms with Crippen LogP contribution in [0, 0.1) is 0 Å². The molecule has 0 saturated heterocycles. The maximum Gasteiger partial charge on any atom is 0.326 e. The van der Waals surface area contributed by atoms with Crippen LogP contribution in [0.5, 0.6) is 0 Å². The van der Waals surface area contributed by atoms with Crippen molar-refractivity contribution < 1.29 is 24.3 Å². The Bertz CT molecular complexity index is 687. The van der Waals surface area contributed by atoms with E-state index in [-0.39, 0.29) is 25.1 Å². The quantitative estimate of drug-likeness (QED) is 0.172. The third-order valence-corrected chi connectivity index (χ3v) is 4.87. The van der Waals surface area contributed by atoms with Crippen LogP contribution < -0.4 is 21.7 Å². The molecule has 0 aromatic carbocycles. The fraction of sp³-hybridized carbons (Fsp3) is 0.562. The number of thioether (sulfide) groups is 1. The summed E-state index contributed by atoms with van der Waals surface area (Å²) in [6, 6.07) is -3.18. The van der Waals surface area contributed by atoms with Gasteiger partial charge in [-0.25, -0.2) is 9.78 Å². The predicted octanol–water partition coefficient (Wildman–Crippen LogP) is -1.87. The van der Waals surface area contributed by atoms with Gasteiger partial charge in [0, 0.05) is 24.1 Å². The minimum atomic E-state index is -1.16. The van der Waals surface area contributed by atoms with E-state index in [2.05, 4.69) is 38.5 Å². The van der Waals surface area contributed by atoms with Crippen LogP contribution in [-0.2, 0) is 25.6 Å². The number of rotatable bonds is 13. The van der Waals surface area contributed by atoms with E-state index in [9.17, 15) is 24.3 Å². The van der Waals surface area contributed by atoms with E-state index in [1.54, 1.807) is 0 Å². The number of amides is 3. The Labute approximate surface area is 177 Å². The van der Waals surface area contributed by atoms with Crippen molar-refractivity contribution in [2.45, 2.75) is 31.0 Å². The van der Waals surface area contributed by atoms with E-state index in [0.29, 0.717) is 11.4 Å². The molecular formula is C16H26N6O5S2. The number of nitrogens with one attached hydrogen (secondary N) is 4. The van der Waals surface area contributed by atoms with Crippen LogP contribution in [0.15, 0.2) is 12.5 Å². The molecule has 3 atom stereocenters. The molecule has 0 aliphatic rings. The van der Waals surface area contributed by atoms with Crippen molar-refractivity contribution in [3.05, 3.63) is 18.2 Å². The van der Waals surface area contributed by atoms with Crippen molar-refractivity contribution >= 4 is 48.1 Å². The molecule has 0 bridgehead atoms. The monoisotopic (exact) mass is 446 g/mol. The van der Waals surface area contributed by atoms with Gasteiger partial charge in [0.15, 0.2) is 0 Å². The van der Waals surface area contributed by atoms with Gasteiger partial charge in [-0.15, -0.1) is 0 Å². The number of aromatic nitrogens is 2. The molecule has 0 saturated carbocycles. The first kappa shape index (κ1) is 24.8. The van der Waals surface area contributed by atoms with Crippen LogP contribution in [0.4, 0.5) is 0 Å². The van der Waals surface area contributed by atoms with Gasteiger partial charge < -0.3 is 31.8 Å².